The number of aromatic amines is 2. The number of ether oxygens (including phenoxy) is 2. The second-order valence-electron chi connectivity index (χ2n) is 9.83. The molecule has 0 bridgehead atoms. The zero-order chi connectivity index (χ0) is 37.9. The van der Waals surface area contributed by atoms with E-state index in [0.29, 0.717) is 0 Å². The normalized spacial score (nSPS) is 30.1. The van der Waals surface area contributed by atoms with Gasteiger partial charge in [0, 0.05) is 12.4 Å². The van der Waals surface area contributed by atoms with E-state index < -0.39 is 108 Å². The molecule has 50 heavy (non-hydrogen) atoms. The summed E-state index contributed by atoms with van der Waals surface area (Å²) in [5, 5.41) is 48.6. The van der Waals surface area contributed by atoms with E-state index in [1.54, 1.807) is 6.26 Å². The number of aromatic nitrogens is 4. The van der Waals surface area contributed by atoms with E-state index in [2.05, 4.69) is 18.1 Å². The summed E-state index contributed by atoms with van der Waals surface area (Å²) in [7, 11) is -17.9. The summed E-state index contributed by atoms with van der Waals surface area (Å²) in [5.41, 5.74) is -3.02. The molecule has 3 unspecified atom stereocenters. The first-order valence-corrected chi connectivity index (χ1v) is 20.1. The molecule has 0 aromatic carbocycles. The summed E-state index contributed by atoms with van der Waals surface area (Å²) in [6, 6.07) is 0. The van der Waals surface area contributed by atoms with Gasteiger partial charge < -0.3 is 59.1 Å². The van der Waals surface area contributed by atoms with E-state index in [1.165, 1.54) is 12.5 Å². The fourth-order valence-corrected chi connectivity index (χ4v) is 8.07. The predicted molar refractivity (Wildman–Crippen MR) is 158 cm³/mol. The van der Waals surface area contributed by atoms with Crippen LogP contribution in [0.4, 0.5) is 0 Å². The van der Waals surface area contributed by atoms with Crippen molar-refractivity contribution in [1.29, 1.82) is 0 Å². The van der Waals surface area contributed by atoms with Gasteiger partial charge in [-0.3, -0.25) is 42.4 Å². The van der Waals surface area contributed by atoms with Gasteiger partial charge in [-0.25, -0.2) is 18.2 Å². The van der Waals surface area contributed by atoms with E-state index in [9.17, 15) is 68.0 Å². The van der Waals surface area contributed by atoms with Crippen molar-refractivity contribution >= 4 is 47.0 Å². The highest BCUT2D eigenvalue weighted by molar-refractivity contribution is 7.98. The third kappa shape index (κ3) is 10.6. The molecule has 0 amide bonds. The summed E-state index contributed by atoms with van der Waals surface area (Å²) in [6.07, 6.45) is -6.24. The van der Waals surface area contributed by atoms with Crippen LogP contribution in [0.2, 0.25) is 0 Å². The maximum atomic E-state index is 12.0. The van der Waals surface area contributed by atoms with Crippen molar-refractivity contribution in [3.8, 4) is 0 Å². The topological polar surface area (TPSA) is 398 Å². The van der Waals surface area contributed by atoms with Crippen LogP contribution in [-0.4, -0.2) is 112 Å². The molecule has 2 aromatic heterocycles. The second kappa shape index (κ2) is 16.9. The molecule has 2 aromatic rings. The number of H-pyrrole nitrogens is 2. The zero-order valence-corrected chi connectivity index (χ0v) is 29.4. The molecule has 4 rings (SSSR count). The van der Waals surface area contributed by atoms with Crippen LogP contribution in [0.5, 0.6) is 0 Å². The Labute approximate surface area is 285 Å². The fraction of sp³-hybridized carbons (Fsp3) is 0.600. The highest BCUT2D eigenvalue weighted by Crippen LogP contribution is 2.61. The molecule has 4 heterocycles. The van der Waals surface area contributed by atoms with Crippen molar-refractivity contribution in [3.05, 3.63) is 54.1 Å². The first-order valence-electron chi connectivity index (χ1n) is 13.2. The average Bonchev–Trinajstić information content (AvgIpc) is 3.44. The van der Waals surface area contributed by atoms with Crippen molar-refractivity contribution in [2.75, 3.05) is 25.7 Å². The average molecular weight is 818 g/mol. The highest BCUT2D eigenvalue weighted by Gasteiger charge is 2.45. The predicted octanol–water partition coefficient (Wildman–Crippen LogP) is -5.80. The summed E-state index contributed by atoms with van der Waals surface area (Å²) in [6.45, 7) is -1.64. The van der Waals surface area contributed by atoms with Crippen LogP contribution in [0.3, 0.4) is 0 Å². The Morgan fingerprint density at radius 2 is 1.18 bits per heavy atom. The molecule has 2 fully saturated rings. The van der Waals surface area contributed by atoms with Crippen LogP contribution in [0.25, 0.3) is 0 Å². The van der Waals surface area contributed by atoms with Gasteiger partial charge in [0.05, 0.1) is 23.0 Å². The zero-order valence-electron chi connectivity index (χ0n) is 25.0. The minimum atomic E-state index is -6.11. The van der Waals surface area contributed by atoms with E-state index in [1.807, 2.05) is 4.98 Å². The first kappa shape index (κ1) is 42.6. The lowest BCUT2D eigenvalue weighted by Crippen LogP contribution is -2.38. The van der Waals surface area contributed by atoms with Gasteiger partial charge in [-0.15, -0.1) is 23.5 Å². The van der Waals surface area contributed by atoms with Gasteiger partial charge in [0.25, 0.3) is 34.6 Å². The lowest BCUT2D eigenvalue weighted by Gasteiger charge is -2.33. The smallest absolute Gasteiger partial charge is 0.330 e. The molecule has 25 nitrogen and oxygen atoms in total. The maximum Gasteiger partial charge on any atom is 0.330 e. The Bertz CT molecular complexity index is 1900. The van der Waals surface area contributed by atoms with Crippen LogP contribution in [0, 0.1) is 0 Å². The minimum absolute atomic E-state index is 0.0489. The summed E-state index contributed by atoms with van der Waals surface area (Å²) >= 11 is 2.09. The number of hydrogen-bond donors (Lipinski definition) is 8. The van der Waals surface area contributed by atoms with Gasteiger partial charge in [-0.05, 0) is 12.5 Å². The summed E-state index contributed by atoms with van der Waals surface area (Å²) in [5.74, 6) is 0. The Morgan fingerprint density at radius 3 is 1.56 bits per heavy atom. The SMILES string of the molecule is CSc1cn([C@@H]2O[C@H](CO)[C@@H](O)[C@H]2O)c(=O)[nH]c1=O.CSc1cn([C@@H]2O[C@H](COP(=O)([O-])OP(=O)([O-])OP(=O)([O-])O)[C@@H](O)[C@H]2O)c(=O)[nH]c1=O. The number of hydrogen-bond acceptors (Lipinski definition) is 22. The molecule has 0 spiro atoms. The van der Waals surface area contributed by atoms with Crippen LogP contribution in [0.1, 0.15) is 12.5 Å². The third-order valence-electron chi connectivity index (χ3n) is 6.51. The van der Waals surface area contributed by atoms with Gasteiger partial charge in [-0.1, -0.05) is 0 Å². The first-order chi connectivity index (χ1) is 23.0. The van der Waals surface area contributed by atoms with Crippen molar-refractivity contribution in [1.82, 2.24) is 19.1 Å². The lowest BCUT2D eigenvalue weighted by molar-refractivity contribution is -0.250. The number of aliphatic hydroxyl groups excluding tert-OH is 5. The van der Waals surface area contributed by atoms with Crippen molar-refractivity contribution in [2.24, 2.45) is 0 Å². The second-order valence-corrected chi connectivity index (χ2v) is 15.8. The number of phosphoric ester groups is 1. The third-order valence-corrected chi connectivity index (χ3v) is 11.7. The molecular weight excluding hydrogens is 789 g/mol. The Kier molecular flexibility index (Phi) is 14.4. The van der Waals surface area contributed by atoms with Crippen molar-refractivity contribution in [2.45, 2.75) is 58.9 Å². The monoisotopic (exact) mass is 817 g/mol. The largest absolute Gasteiger partial charge is 0.756 e. The van der Waals surface area contributed by atoms with Gasteiger partial charge in [0.15, 0.2) is 12.5 Å². The van der Waals surface area contributed by atoms with Gasteiger partial charge in [0.1, 0.15) is 36.6 Å². The maximum absolute atomic E-state index is 12.0. The molecule has 284 valence electrons. The molecule has 30 heteroatoms. The van der Waals surface area contributed by atoms with Gasteiger partial charge >= 0.3 is 11.4 Å². The summed E-state index contributed by atoms with van der Waals surface area (Å²) in [4.78, 5) is 92.5. The molecule has 0 aliphatic carbocycles. The molecule has 2 aliphatic rings. The standard InChI is InChI=1S/C10H17N2O15P3S.C10H14N2O6S/c1-31-5-2-12(10(16)11-8(5)15)9-7(14)6(13)4(25-9)3-24-29(20,21)27-30(22,23)26-28(17,18)19;1-19-5-2-12(10(17)11-8(5)16)9-7(15)6(14)4(3-13)18-9/h2,4,6-7,9,13-14H,3H2,1H3,(H,20,21)(H,22,23)(H,11,15,16)(H2,17,18,19);2,4,6-7,9,13-15H,3H2,1H3,(H,11,16,17)/p-3/t2*4-,6-,7-,9-/m11/s1. The Balaban J connectivity index is 0.000000303. The minimum Gasteiger partial charge on any atom is -0.756 e. The van der Waals surface area contributed by atoms with Crippen molar-refractivity contribution < 1.29 is 81.4 Å². The van der Waals surface area contributed by atoms with E-state index in [4.69, 9.17) is 19.5 Å². The Morgan fingerprint density at radius 1 is 0.760 bits per heavy atom. The summed E-state index contributed by atoms with van der Waals surface area (Å²) < 4.78 is 55.9. The molecule has 8 N–H and O–H groups in total. The molecule has 0 radical (unpaired) electrons. The molecule has 2 saturated heterocycles. The molecular formula is C20H28N4O21P3S2-3. The van der Waals surface area contributed by atoms with Crippen LogP contribution in [0.15, 0.2) is 41.4 Å². The number of phosphoric acid groups is 3. The number of nitrogens with one attached hydrogen (secondary N) is 2. The van der Waals surface area contributed by atoms with Crippen molar-refractivity contribution in [3.63, 3.8) is 0 Å². The van der Waals surface area contributed by atoms with Gasteiger partial charge in [-0.2, -0.15) is 0 Å². The van der Waals surface area contributed by atoms with Crippen LogP contribution in [-0.2, 0) is 36.3 Å². The number of aliphatic hydroxyl groups is 5. The molecule has 2 aliphatic heterocycles. The van der Waals surface area contributed by atoms with E-state index >= 15 is 0 Å². The fourth-order valence-electron chi connectivity index (χ4n) is 4.26. The van der Waals surface area contributed by atoms with Gasteiger partial charge in [0.2, 0.25) is 0 Å². The van der Waals surface area contributed by atoms with E-state index in [0.717, 1.165) is 38.9 Å². The molecule has 0 saturated carbocycles. The highest BCUT2D eigenvalue weighted by atomic mass is 32.2. The molecule has 11 atom stereocenters. The number of nitrogens with zero attached hydrogens (tertiary/aromatic N) is 2. The number of rotatable bonds is 12. The Hall–Kier alpha value is -1.81. The lowest BCUT2D eigenvalue weighted by atomic mass is 10.1. The van der Waals surface area contributed by atoms with Crippen LogP contribution < -0.4 is 37.2 Å². The quantitative estimate of drug-likeness (QED) is 0.0730. The van der Waals surface area contributed by atoms with Crippen LogP contribution >= 0.6 is 47.0 Å². The number of thioether (sulfide) groups is 2. The van der Waals surface area contributed by atoms with E-state index in [-0.39, 0.29) is 9.79 Å².